The molecule has 0 aromatic heterocycles. The molecule has 0 saturated carbocycles. The Morgan fingerprint density at radius 2 is 1.70 bits per heavy atom. The van der Waals surface area contributed by atoms with Crippen LogP contribution in [0.25, 0.3) is 0 Å². The van der Waals surface area contributed by atoms with Crippen molar-refractivity contribution in [1.82, 2.24) is 5.32 Å². The lowest BCUT2D eigenvalue weighted by atomic mass is 10.1. The molecule has 1 atom stereocenters. The predicted octanol–water partition coefficient (Wildman–Crippen LogP) is 3.08. The first-order valence-corrected chi connectivity index (χ1v) is 6.94. The first kappa shape index (κ1) is 14.7. The lowest BCUT2D eigenvalue weighted by Gasteiger charge is -2.12. The van der Waals surface area contributed by atoms with Gasteiger partial charge in [-0.25, -0.2) is 4.39 Å². The van der Waals surface area contributed by atoms with Crippen molar-refractivity contribution in [2.75, 3.05) is 13.1 Å². The van der Waals surface area contributed by atoms with Crippen LogP contribution in [0.3, 0.4) is 0 Å². The molecule has 0 saturated heterocycles. The van der Waals surface area contributed by atoms with Gasteiger partial charge in [-0.1, -0.05) is 42.5 Å². The van der Waals surface area contributed by atoms with E-state index in [4.69, 9.17) is 0 Å². The van der Waals surface area contributed by atoms with Gasteiger partial charge >= 0.3 is 0 Å². The zero-order chi connectivity index (χ0) is 14.2. The lowest BCUT2D eigenvalue weighted by molar-refractivity contribution is 0.174. The second-order valence-corrected chi connectivity index (χ2v) is 4.86. The molecule has 2 rings (SSSR count). The zero-order valence-electron chi connectivity index (χ0n) is 11.4. The summed E-state index contributed by atoms with van der Waals surface area (Å²) in [5.74, 6) is -0.281. The van der Waals surface area contributed by atoms with Crippen LogP contribution in [0.4, 0.5) is 4.39 Å². The second kappa shape index (κ2) is 7.78. The molecule has 2 aromatic rings. The lowest BCUT2D eigenvalue weighted by Crippen LogP contribution is -2.22. The van der Waals surface area contributed by atoms with E-state index >= 15 is 0 Å². The van der Waals surface area contributed by atoms with Gasteiger partial charge in [-0.3, -0.25) is 0 Å². The number of aliphatic hydroxyl groups is 1. The molecule has 20 heavy (non-hydrogen) atoms. The van der Waals surface area contributed by atoms with Crippen LogP contribution in [-0.4, -0.2) is 18.2 Å². The van der Waals surface area contributed by atoms with Gasteiger partial charge in [0.1, 0.15) is 5.82 Å². The first-order valence-electron chi connectivity index (χ1n) is 6.94. The number of nitrogens with one attached hydrogen (secondary N) is 1. The quantitative estimate of drug-likeness (QED) is 0.760. The molecule has 106 valence electrons. The van der Waals surface area contributed by atoms with E-state index in [2.05, 4.69) is 17.4 Å². The molecule has 0 spiro atoms. The Hall–Kier alpha value is -1.71. The fraction of sp³-hybridized carbons (Fsp3) is 0.294. The number of halogens is 1. The topological polar surface area (TPSA) is 32.3 Å². The summed E-state index contributed by atoms with van der Waals surface area (Å²) >= 11 is 0. The zero-order valence-corrected chi connectivity index (χ0v) is 11.4. The number of rotatable bonds is 7. The minimum Gasteiger partial charge on any atom is -0.387 e. The maximum absolute atomic E-state index is 12.8. The molecule has 2 aromatic carbocycles. The van der Waals surface area contributed by atoms with Gasteiger partial charge in [0.15, 0.2) is 0 Å². The van der Waals surface area contributed by atoms with Crippen molar-refractivity contribution in [3.63, 3.8) is 0 Å². The Morgan fingerprint density at radius 3 is 2.40 bits per heavy atom. The summed E-state index contributed by atoms with van der Waals surface area (Å²) in [5.41, 5.74) is 2.07. The fourth-order valence-corrected chi connectivity index (χ4v) is 2.10. The van der Waals surface area contributed by atoms with E-state index in [1.54, 1.807) is 12.1 Å². The van der Waals surface area contributed by atoms with Crippen molar-refractivity contribution < 1.29 is 9.50 Å². The molecule has 0 aliphatic heterocycles. The Morgan fingerprint density at radius 1 is 1.00 bits per heavy atom. The molecule has 0 fully saturated rings. The smallest absolute Gasteiger partial charge is 0.123 e. The molecular formula is C17H20FNO. The Balaban J connectivity index is 1.64. The molecule has 0 bridgehead atoms. The normalized spacial score (nSPS) is 12.3. The maximum atomic E-state index is 12.8. The van der Waals surface area contributed by atoms with Crippen LogP contribution in [0.1, 0.15) is 23.7 Å². The van der Waals surface area contributed by atoms with E-state index in [0.29, 0.717) is 6.54 Å². The minimum absolute atomic E-state index is 0.281. The maximum Gasteiger partial charge on any atom is 0.123 e. The largest absolute Gasteiger partial charge is 0.387 e. The third-order valence-corrected chi connectivity index (χ3v) is 3.25. The van der Waals surface area contributed by atoms with Gasteiger partial charge < -0.3 is 10.4 Å². The number of aliphatic hydroxyl groups excluding tert-OH is 1. The molecule has 0 radical (unpaired) electrons. The van der Waals surface area contributed by atoms with E-state index in [1.165, 1.54) is 17.7 Å². The van der Waals surface area contributed by atoms with Crippen molar-refractivity contribution in [3.05, 3.63) is 71.5 Å². The molecular weight excluding hydrogens is 253 g/mol. The fourth-order valence-electron chi connectivity index (χ4n) is 2.10. The van der Waals surface area contributed by atoms with E-state index in [9.17, 15) is 9.50 Å². The van der Waals surface area contributed by atoms with Crippen LogP contribution in [-0.2, 0) is 6.42 Å². The molecule has 2 N–H and O–H groups in total. The van der Waals surface area contributed by atoms with Crippen molar-refractivity contribution >= 4 is 0 Å². The molecule has 3 heteroatoms. The number of hydrogen-bond donors (Lipinski definition) is 2. The van der Waals surface area contributed by atoms with Crippen LogP contribution in [0, 0.1) is 5.82 Å². The van der Waals surface area contributed by atoms with Gasteiger partial charge in [0.2, 0.25) is 0 Å². The van der Waals surface area contributed by atoms with Crippen molar-refractivity contribution in [3.8, 4) is 0 Å². The van der Waals surface area contributed by atoms with Crippen LogP contribution in [0.5, 0.6) is 0 Å². The van der Waals surface area contributed by atoms with E-state index in [0.717, 1.165) is 24.9 Å². The molecule has 0 heterocycles. The van der Waals surface area contributed by atoms with Gasteiger partial charge in [-0.05, 0) is 42.6 Å². The highest BCUT2D eigenvalue weighted by Crippen LogP contribution is 2.12. The van der Waals surface area contributed by atoms with Gasteiger partial charge in [-0.15, -0.1) is 0 Å². The summed E-state index contributed by atoms with van der Waals surface area (Å²) < 4.78 is 12.8. The average molecular weight is 273 g/mol. The van der Waals surface area contributed by atoms with Gasteiger partial charge in [0.25, 0.3) is 0 Å². The Labute approximate surface area is 119 Å². The highest BCUT2D eigenvalue weighted by atomic mass is 19.1. The molecule has 0 aliphatic carbocycles. The van der Waals surface area contributed by atoms with Gasteiger partial charge in [0, 0.05) is 6.54 Å². The summed E-state index contributed by atoms with van der Waals surface area (Å²) in [5, 5.41) is 13.2. The predicted molar refractivity (Wildman–Crippen MR) is 79.0 cm³/mol. The van der Waals surface area contributed by atoms with Crippen LogP contribution < -0.4 is 5.32 Å². The third kappa shape index (κ3) is 4.76. The monoisotopic (exact) mass is 273 g/mol. The molecule has 0 aliphatic rings. The summed E-state index contributed by atoms with van der Waals surface area (Å²) in [6, 6.07) is 16.3. The summed E-state index contributed by atoms with van der Waals surface area (Å²) in [4.78, 5) is 0. The Bertz CT molecular complexity index is 498. The summed E-state index contributed by atoms with van der Waals surface area (Å²) in [6.45, 7) is 1.34. The first-order chi connectivity index (χ1) is 9.75. The number of aryl methyl sites for hydroxylation is 1. The van der Waals surface area contributed by atoms with Crippen LogP contribution in [0.2, 0.25) is 0 Å². The second-order valence-electron chi connectivity index (χ2n) is 4.86. The minimum atomic E-state index is -0.590. The van der Waals surface area contributed by atoms with Crippen molar-refractivity contribution in [2.45, 2.75) is 18.9 Å². The van der Waals surface area contributed by atoms with E-state index in [1.807, 2.05) is 18.2 Å². The van der Waals surface area contributed by atoms with Crippen molar-refractivity contribution in [1.29, 1.82) is 0 Å². The van der Waals surface area contributed by atoms with Crippen molar-refractivity contribution in [2.24, 2.45) is 0 Å². The molecule has 2 nitrogen and oxygen atoms in total. The van der Waals surface area contributed by atoms with Crippen LogP contribution in [0.15, 0.2) is 54.6 Å². The number of hydrogen-bond acceptors (Lipinski definition) is 2. The van der Waals surface area contributed by atoms with Crippen LogP contribution >= 0.6 is 0 Å². The van der Waals surface area contributed by atoms with E-state index in [-0.39, 0.29) is 5.82 Å². The standard InChI is InChI=1S/C17H20FNO/c18-16-10-8-15(9-11-16)17(20)13-19-12-4-7-14-5-2-1-3-6-14/h1-3,5-6,8-11,17,19-20H,4,7,12-13H2. The van der Waals surface area contributed by atoms with Gasteiger partial charge in [0.05, 0.1) is 6.10 Å². The SMILES string of the molecule is OC(CNCCCc1ccccc1)c1ccc(F)cc1. The Kier molecular flexibility index (Phi) is 5.71. The summed E-state index contributed by atoms with van der Waals surface area (Å²) in [6.07, 6.45) is 1.47. The van der Waals surface area contributed by atoms with Gasteiger partial charge in [-0.2, -0.15) is 0 Å². The highest BCUT2D eigenvalue weighted by molar-refractivity contribution is 5.18. The average Bonchev–Trinajstić information content (AvgIpc) is 2.48. The highest BCUT2D eigenvalue weighted by Gasteiger charge is 2.06. The number of benzene rings is 2. The molecule has 1 unspecified atom stereocenters. The molecule has 0 amide bonds. The third-order valence-electron chi connectivity index (χ3n) is 3.25. The van der Waals surface area contributed by atoms with E-state index < -0.39 is 6.10 Å². The summed E-state index contributed by atoms with van der Waals surface area (Å²) in [7, 11) is 0.